The van der Waals surface area contributed by atoms with Crippen LogP contribution in [0.15, 0.2) is 12.7 Å². The summed E-state index contributed by atoms with van der Waals surface area (Å²) >= 11 is 6.75. The first kappa shape index (κ1) is 33.6. The van der Waals surface area contributed by atoms with Gasteiger partial charge in [0, 0.05) is 43.4 Å². The highest BCUT2D eigenvalue weighted by Gasteiger charge is 2.41. The number of amides is 1. The Morgan fingerprint density at radius 3 is 2.48 bits per heavy atom. The molecule has 1 amide bonds. The molecule has 40 heavy (non-hydrogen) atoms. The van der Waals surface area contributed by atoms with E-state index in [0.29, 0.717) is 19.4 Å². The second kappa shape index (κ2) is 14.5. The molecule has 0 bridgehead atoms. The molecule has 0 radical (unpaired) electrons. The second-order valence-corrected chi connectivity index (χ2v) is 16.8. The van der Waals surface area contributed by atoms with E-state index in [9.17, 15) is 9.36 Å². The molecule has 228 valence electrons. The van der Waals surface area contributed by atoms with Crippen molar-refractivity contribution in [2.75, 3.05) is 41.1 Å². The summed E-state index contributed by atoms with van der Waals surface area (Å²) in [4.78, 5) is 14.4. The highest BCUT2D eigenvalue weighted by atomic mass is 35.5. The van der Waals surface area contributed by atoms with E-state index in [2.05, 4.69) is 63.8 Å². The predicted molar refractivity (Wildman–Crippen MR) is 165 cm³/mol. The molecule has 3 rings (SSSR count). The van der Waals surface area contributed by atoms with Gasteiger partial charge in [-0.1, -0.05) is 31.3 Å². The molecular weight excluding hydrogens is 547 g/mol. The van der Waals surface area contributed by atoms with Crippen LogP contribution in [-0.2, 0) is 14.1 Å². The largest absolute Gasteiger partial charge is 0.380 e. The summed E-state index contributed by atoms with van der Waals surface area (Å²) in [6.07, 6.45) is 6.49. The molecule has 9 nitrogen and oxygen atoms in total. The van der Waals surface area contributed by atoms with Crippen molar-refractivity contribution in [1.29, 1.82) is 0 Å². The van der Waals surface area contributed by atoms with E-state index in [4.69, 9.17) is 16.3 Å². The number of carbonyl (C=O) groups is 1. The number of ether oxygens (including phenoxy) is 1. The van der Waals surface area contributed by atoms with Crippen molar-refractivity contribution in [2.45, 2.75) is 106 Å². The van der Waals surface area contributed by atoms with Crippen molar-refractivity contribution in [1.82, 2.24) is 31.5 Å². The maximum Gasteiger partial charge on any atom is 0.243 e. The Bertz CT molecular complexity index is 979. The van der Waals surface area contributed by atoms with E-state index in [-0.39, 0.29) is 65.1 Å². The van der Waals surface area contributed by atoms with Crippen molar-refractivity contribution in [3.05, 3.63) is 12.7 Å². The average Bonchev–Trinajstić information content (AvgIpc) is 2.89. The Morgan fingerprint density at radius 1 is 1.15 bits per heavy atom. The topological polar surface area (TPSA) is 107 Å². The summed E-state index contributed by atoms with van der Waals surface area (Å²) < 4.78 is 19.0. The number of hydrogen-bond donors (Lipinski definition) is 5. The number of methoxy groups -OCH3 is 1. The fourth-order valence-corrected chi connectivity index (χ4v) is 8.13. The summed E-state index contributed by atoms with van der Waals surface area (Å²) in [5.74, 6) is 6.61. The van der Waals surface area contributed by atoms with E-state index in [1.807, 2.05) is 27.4 Å². The van der Waals surface area contributed by atoms with E-state index >= 15 is 0 Å². The summed E-state index contributed by atoms with van der Waals surface area (Å²) in [5, 5.41) is 17.4. The Balaban J connectivity index is 1.71. The van der Waals surface area contributed by atoms with Gasteiger partial charge in [0.25, 0.3) is 0 Å². The normalized spacial score (nSPS) is 35.5. The standard InChI is InChI=1S/C29H52ClN6O3P/c1-9-26(37)32-22-17-23(24(39-6)16-19(22)14-15-29(2,3)36(4)5)34-28-31-18-20(30)27(35-28)33-21-12-10-11-13-25(21)40(7,8)38/h9,19-25,27-28,31,33-35H,1,10-13,16-18H2,2-8H3,(H,32,37). The number of hydrogen-bond acceptors (Lipinski definition) is 8. The van der Waals surface area contributed by atoms with Crippen molar-refractivity contribution in [2.24, 2.45) is 5.92 Å². The van der Waals surface area contributed by atoms with Gasteiger partial charge >= 0.3 is 0 Å². The van der Waals surface area contributed by atoms with Crippen LogP contribution in [-0.4, -0.2) is 105 Å². The van der Waals surface area contributed by atoms with E-state index in [0.717, 1.165) is 25.7 Å². The summed E-state index contributed by atoms with van der Waals surface area (Å²) in [6.45, 7) is 12.2. The molecule has 2 saturated carbocycles. The third kappa shape index (κ3) is 9.02. The lowest BCUT2D eigenvalue weighted by atomic mass is 9.79. The highest BCUT2D eigenvalue weighted by molar-refractivity contribution is 7.63. The van der Waals surface area contributed by atoms with Gasteiger partial charge in [0.05, 0.1) is 30.3 Å². The Labute approximate surface area is 247 Å². The van der Waals surface area contributed by atoms with Gasteiger partial charge in [-0.25, -0.2) is 0 Å². The fourth-order valence-electron chi connectivity index (χ4n) is 5.99. The zero-order valence-corrected chi connectivity index (χ0v) is 27.1. The van der Waals surface area contributed by atoms with Gasteiger partial charge in [0.15, 0.2) is 0 Å². The van der Waals surface area contributed by atoms with Crippen LogP contribution in [0.1, 0.15) is 52.4 Å². The lowest BCUT2D eigenvalue weighted by molar-refractivity contribution is -0.118. The van der Waals surface area contributed by atoms with Gasteiger partial charge in [-0.2, -0.15) is 0 Å². The molecule has 1 aliphatic heterocycles. The molecule has 11 heteroatoms. The van der Waals surface area contributed by atoms with Crippen LogP contribution in [0.2, 0.25) is 0 Å². The predicted octanol–water partition coefficient (Wildman–Crippen LogP) is 2.32. The van der Waals surface area contributed by atoms with E-state index in [1.165, 1.54) is 6.08 Å². The van der Waals surface area contributed by atoms with Gasteiger partial charge in [0.1, 0.15) is 6.29 Å². The zero-order valence-electron chi connectivity index (χ0n) is 25.4. The van der Waals surface area contributed by atoms with Crippen LogP contribution in [0.3, 0.4) is 0 Å². The maximum absolute atomic E-state index is 13.0. The minimum absolute atomic E-state index is 0.0357. The molecular formula is C29H52ClN6O3P. The number of halogens is 1. The quantitative estimate of drug-likeness (QED) is 0.119. The van der Waals surface area contributed by atoms with Crippen molar-refractivity contribution in [3.63, 3.8) is 0 Å². The number of carbonyl (C=O) groups excluding carboxylic acids is 1. The Kier molecular flexibility index (Phi) is 12.1. The number of alkyl halides is 1. The molecule has 1 heterocycles. The summed E-state index contributed by atoms with van der Waals surface area (Å²) in [5.41, 5.74) is -0.115. The molecule has 0 aromatic rings. The monoisotopic (exact) mass is 598 g/mol. The molecule has 5 N–H and O–H groups in total. The van der Waals surface area contributed by atoms with Gasteiger partial charge in [-0.05, 0) is 73.0 Å². The first-order valence-electron chi connectivity index (χ1n) is 14.6. The van der Waals surface area contributed by atoms with Crippen LogP contribution in [0.25, 0.3) is 0 Å². The number of nitrogens with one attached hydrogen (secondary N) is 5. The van der Waals surface area contributed by atoms with Crippen LogP contribution < -0.4 is 26.6 Å². The molecule has 9 unspecified atom stereocenters. The summed E-state index contributed by atoms with van der Waals surface area (Å²) in [6, 6.07) is -0.00591. The second-order valence-electron chi connectivity index (χ2n) is 12.7. The third-order valence-electron chi connectivity index (χ3n) is 8.95. The van der Waals surface area contributed by atoms with Crippen LogP contribution in [0.4, 0.5) is 0 Å². The highest BCUT2D eigenvalue weighted by Crippen LogP contribution is 2.49. The first-order chi connectivity index (χ1) is 18.7. The summed E-state index contributed by atoms with van der Waals surface area (Å²) in [7, 11) is 3.53. The van der Waals surface area contributed by atoms with Crippen LogP contribution >= 0.6 is 18.7 Å². The van der Waals surface area contributed by atoms with Crippen molar-refractivity contribution in [3.8, 4) is 11.8 Å². The molecule has 3 aliphatic rings. The van der Waals surface area contributed by atoms with E-state index in [1.54, 1.807) is 7.11 Å². The molecule has 1 saturated heterocycles. The molecule has 9 atom stereocenters. The molecule has 0 spiro atoms. The molecule has 3 fully saturated rings. The Hall–Kier alpha value is -0.950. The van der Waals surface area contributed by atoms with Gasteiger partial charge in [0.2, 0.25) is 5.91 Å². The van der Waals surface area contributed by atoms with E-state index < -0.39 is 7.14 Å². The van der Waals surface area contributed by atoms with Crippen LogP contribution in [0.5, 0.6) is 0 Å². The van der Waals surface area contributed by atoms with Gasteiger partial charge in [-0.15, -0.1) is 11.6 Å². The van der Waals surface area contributed by atoms with Crippen molar-refractivity contribution < 1.29 is 14.1 Å². The lowest BCUT2D eigenvalue weighted by Gasteiger charge is -2.45. The molecule has 0 aromatic carbocycles. The molecule has 2 aliphatic carbocycles. The number of rotatable bonds is 9. The SMILES string of the molecule is C=CC(=O)NC1CC(NC2NCC(Cl)C(NC3CCCCC3P(C)(C)=O)N2)C(OC)CC1C#CC(C)(C)N(C)C. The van der Waals surface area contributed by atoms with Gasteiger partial charge in [-0.3, -0.25) is 31.0 Å². The Morgan fingerprint density at radius 2 is 1.85 bits per heavy atom. The average molecular weight is 599 g/mol. The maximum atomic E-state index is 13.0. The van der Waals surface area contributed by atoms with Crippen LogP contribution in [0, 0.1) is 17.8 Å². The fraction of sp³-hybridized carbons (Fsp3) is 0.828. The van der Waals surface area contributed by atoms with Gasteiger partial charge < -0.3 is 14.6 Å². The lowest BCUT2D eigenvalue weighted by Crippen LogP contribution is -2.72. The van der Waals surface area contributed by atoms with Crippen molar-refractivity contribution >= 4 is 24.7 Å². The minimum atomic E-state index is -2.23. The zero-order chi connectivity index (χ0) is 29.7. The molecule has 0 aromatic heterocycles. The smallest absolute Gasteiger partial charge is 0.243 e. The first-order valence-corrected chi connectivity index (χ1v) is 17.7. The number of nitrogens with zero attached hydrogens (tertiary/aromatic N) is 1. The third-order valence-corrected chi connectivity index (χ3v) is 11.6. The minimum Gasteiger partial charge on any atom is -0.380 e.